The van der Waals surface area contributed by atoms with Crippen molar-refractivity contribution in [1.82, 2.24) is 0 Å². The summed E-state index contributed by atoms with van der Waals surface area (Å²) in [6.45, 7) is 0. The number of methoxy groups -OCH3 is 2. The molecule has 2 rings (SSSR count). The first-order valence-corrected chi connectivity index (χ1v) is 7.03. The summed E-state index contributed by atoms with van der Waals surface area (Å²) in [7, 11) is 2.98. The maximum absolute atomic E-state index is 13.4. The first-order chi connectivity index (χ1) is 10.0. The van der Waals surface area contributed by atoms with E-state index >= 15 is 0 Å². The maximum Gasteiger partial charge on any atom is 0.174 e. The van der Waals surface area contributed by atoms with Gasteiger partial charge in [0.1, 0.15) is 22.9 Å². The van der Waals surface area contributed by atoms with Gasteiger partial charge >= 0.3 is 0 Å². The van der Waals surface area contributed by atoms with E-state index in [9.17, 15) is 9.18 Å². The van der Waals surface area contributed by atoms with Crippen LogP contribution in [0.25, 0.3) is 0 Å². The molecule has 0 fully saturated rings. The second-order valence-electron chi connectivity index (χ2n) is 4.42. The quantitative estimate of drug-likeness (QED) is 0.762. The Hall–Kier alpha value is -1.88. The van der Waals surface area contributed by atoms with Crippen molar-refractivity contribution < 1.29 is 18.7 Å². The summed E-state index contributed by atoms with van der Waals surface area (Å²) in [5, 5.41) is 0. The number of ether oxygens (including phenoxy) is 2. The minimum absolute atomic E-state index is 0.0626. The molecule has 0 amide bonds. The van der Waals surface area contributed by atoms with E-state index in [0.29, 0.717) is 27.1 Å². The van der Waals surface area contributed by atoms with Gasteiger partial charge in [-0.3, -0.25) is 4.79 Å². The third kappa shape index (κ3) is 3.61. The molecule has 2 aromatic carbocycles. The van der Waals surface area contributed by atoms with Gasteiger partial charge in [0.2, 0.25) is 0 Å². The smallest absolute Gasteiger partial charge is 0.174 e. The Balaban J connectivity index is 2.36. The van der Waals surface area contributed by atoms with E-state index in [1.807, 2.05) is 0 Å². The maximum atomic E-state index is 13.4. The molecule has 5 heteroatoms. The van der Waals surface area contributed by atoms with Gasteiger partial charge in [-0.15, -0.1) is 0 Å². The number of hydrogen-bond acceptors (Lipinski definition) is 3. The van der Waals surface area contributed by atoms with Crippen LogP contribution in [0, 0.1) is 5.82 Å². The summed E-state index contributed by atoms with van der Waals surface area (Å²) in [6, 6.07) is 9.52. The van der Waals surface area contributed by atoms with Crippen molar-refractivity contribution >= 4 is 21.7 Å². The van der Waals surface area contributed by atoms with Gasteiger partial charge < -0.3 is 9.47 Å². The van der Waals surface area contributed by atoms with Gasteiger partial charge in [0, 0.05) is 10.9 Å². The summed E-state index contributed by atoms with van der Waals surface area (Å²) in [6.07, 6.45) is 0.0626. The standard InChI is InChI=1S/C16H14BrFO3/c1-20-14-4-3-5-15(21-2)16(14)13(19)8-10-6-11(17)9-12(18)7-10/h3-7,9H,8H2,1-2H3. The molecule has 0 bridgehead atoms. The van der Waals surface area contributed by atoms with E-state index in [0.717, 1.165) is 0 Å². The second-order valence-corrected chi connectivity index (χ2v) is 5.33. The highest BCUT2D eigenvalue weighted by atomic mass is 79.9. The second kappa shape index (κ2) is 6.72. The van der Waals surface area contributed by atoms with Crippen molar-refractivity contribution in [2.75, 3.05) is 14.2 Å². The summed E-state index contributed by atoms with van der Waals surface area (Å²) < 4.78 is 24.4. The third-order valence-electron chi connectivity index (χ3n) is 2.99. The number of carbonyl (C=O) groups is 1. The van der Waals surface area contributed by atoms with Gasteiger partial charge in [0.15, 0.2) is 5.78 Å². The van der Waals surface area contributed by atoms with Gasteiger partial charge in [-0.2, -0.15) is 0 Å². The monoisotopic (exact) mass is 352 g/mol. The number of carbonyl (C=O) groups excluding carboxylic acids is 1. The molecule has 0 saturated carbocycles. The topological polar surface area (TPSA) is 35.5 Å². The summed E-state index contributed by atoms with van der Waals surface area (Å²) in [4.78, 5) is 12.5. The van der Waals surface area contributed by atoms with E-state index in [1.165, 1.54) is 26.4 Å². The van der Waals surface area contributed by atoms with Crippen LogP contribution < -0.4 is 9.47 Å². The van der Waals surface area contributed by atoms with E-state index in [2.05, 4.69) is 15.9 Å². The minimum atomic E-state index is -0.390. The van der Waals surface area contributed by atoms with Gasteiger partial charge in [-0.05, 0) is 35.9 Å². The van der Waals surface area contributed by atoms with Crippen LogP contribution in [-0.2, 0) is 6.42 Å². The largest absolute Gasteiger partial charge is 0.496 e. The average molecular weight is 353 g/mol. The van der Waals surface area contributed by atoms with E-state index in [4.69, 9.17) is 9.47 Å². The molecule has 21 heavy (non-hydrogen) atoms. The Kier molecular flexibility index (Phi) is 4.96. The number of rotatable bonds is 5. The lowest BCUT2D eigenvalue weighted by Gasteiger charge is -2.12. The Bertz CT molecular complexity index is 628. The molecule has 3 nitrogen and oxygen atoms in total. The molecule has 2 aromatic rings. The third-order valence-corrected chi connectivity index (χ3v) is 3.45. The highest BCUT2D eigenvalue weighted by molar-refractivity contribution is 9.10. The van der Waals surface area contributed by atoms with E-state index in [1.54, 1.807) is 24.3 Å². The molecule has 0 N–H and O–H groups in total. The van der Waals surface area contributed by atoms with Crippen LogP contribution in [-0.4, -0.2) is 20.0 Å². The van der Waals surface area contributed by atoms with Gasteiger partial charge in [-0.1, -0.05) is 22.0 Å². The molecule has 110 valence electrons. The van der Waals surface area contributed by atoms with Gasteiger partial charge in [0.25, 0.3) is 0 Å². The molecular weight excluding hydrogens is 339 g/mol. The normalized spacial score (nSPS) is 10.3. The lowest BCUT2D eigenvalue weighted by molar-refractivity contribution is 0.0987. The van der Waals surface area contributed by atoms with Crippen molar-refractivity contribution in [2.24, 2.45) is 0 Å². The zero-order valence-electron chi connectivity index (χ0n) is 11.7. The van der Waals surface area contributed by atoms with Crippen molar-refractivity contribution in [2.45, 2.75) is 6.42 Å². The Morgan fingerprint density at radius 2 is 1.76 bits per heavy atom. The summed E-state index contributed by atoms with van der Waals surface area (Å²) in [5.41, 5.74) is 0.947. The predicted molar refractivity (Wildman–Crippen MR) is 81.7 cm³/mol. The highest BCUT2D eigenvalue weighted by Crippen LogP contribution is 2.30. The van der Waals surface area contributed by atoms with Crippen LogP contribution in [0.3, 0.4) is 0 Å². The van der Waals surface area contributed by atoms with Crippen LogP contribution in [0.15, 0.2) is 40.9 Å². The Morgan fingerprint density at radius 1 is 1.14 bits per heavy atom. The lowest BCUT2D eigenvalue weighted by Crippen LogP contribution is -2.08. The van der Waals surface area contributed by atoms with Crippen molar-refractivity contribution in [3.05, 3.63) is 57.8 Å². The minimum Gasteiger partial charge on any atom is -0.496 e. The molecule has 0 saturated heterocycles. The predicted octanol–water partition coefficient (Wildman–Crippen LogP) is 4.03. The van der Waals surface area contributed by atoms with Crippen LogP contribution in [0.4, 0.5) is 4.39 Å². The zero-order valence-corrected chi connectivity index (χ0v) is 13.2. The van der Waals surface area contributed by atoms with Gasteiger partial charge in [-0.25, -0.2) is 4.39 Å². The molecule has 0 aromatic heterocycles. The van der Waals surface area contributed by atoms with Crippen LogP contribution >= 0.6 is 15.9 Å². The van der Waals surface area contributed by atoms with Crippen molar-refractivity contribution in [3.8, 4) is 11.5 Å². The molecule has 0 radical (unpaired) electrons. The molecular formula is C16H14BrFO3. The number of benzene rings is 2. The fraction of sp³-hybridized carbons (Fsp3) is 0.188. The highest BCUT2D eigenvalue weighted by Gasteiger charge is 2.18. The summed E-state index contributed by atoms with van der Waals surface area (Å²) >= 11 is 3.21. The van der Waals surface area contributed by atoms with Crippen molar-refractivity contribution in [3.63, 3.8) is 0 Å². The number of halogens is 2. The Morgan fingerprint density at radius 3 is 2.29 bits per heavy atom. The summed E-state index contributed by atoms with van der Waals surface area (Å²) in [5.74, 6) is 0.297. The van der Waals surface area contributed by atoms with E-state index < -0.39 is 0 Å². The molecule has 0 unspecified atom stereocenters. The number of hydrogen-bond donors (Lipinski definition) is 0. The number of Topliss-reactive ketones (excluding diaryl/α,β-unsaturated/α-hetero) is 1. The van der Waals surface area contributed by atoms with Gasteiger partial charge in [0.05, 0.1) is 14.2 Å². The van der Waals surface area contributed by atoms with Crippen molar-refractivity contribution in [1.29, 1.82) is 0 Å². The Labute approximate surface area is 130 Å². The lowest BCUT2D eigenvalue weighted by atomic mass is 10.0. The molecule has 0 atom stereocenters. The fourth-order valence-electron chi connectivity index (χ4n) is 2.11. The molecule has 0 aliphatic heterocycles. The average Bonchev–Trinajstić information content (AvgIpc) is 2.45. The number of ketones is 1. The molecule has 0 aliphatic rings. The molecule has 0 aliphatic carbocycles. The first-order valence-electron chi connectivity index (χ1n) is 6.24. The zero-order chi connectivity index (χ0) is 15.4. The fourth-order valence-corrected chi connectivity index (χ4v) is 2.63. The van der Waals surface area contributed by atoms with Crippen LogP contribution in [0.2, 0.25) is 0 Å². The van der Waals surface area contributed by atoms with E-state index in [-0.39, 0.29) is 18.0 Å². The van der Waals surface area contributed by atoms with Crippen LogP contribution in [0.5, 0.6) is 11.5 Å². The molecule has 0 spiro atoms. The molecule has 0 heterocycles. The van der Waals surface area contributed by atoms with Crippen LogP contribution in [0.1, 0.15) is 15.9 Å². The SMILES string of the molecule is COc1cccc(OC)c1C(=O)Cc1cc(F)cc(Br)c1. The first kappa shape index (κ1) is 15.5.